The Bertz CT molecular complexity index is 2350. The predicted molar refractivity (Wildman–Crippen MR) is 276 cm³/mol. The number of carbonyl (C=O) groups is 2. The van der Waals surface area contributed by atoms with Crippen molar-refractivity contribution < 1.29 is 19.1 Å². The summed E-state index contributed by atoms with van der Waals surface area (Å²) in [5.74, 6) is 0.155. The number of anilines is 2. The molecule has 2 fully saturated rings. The van der Waals surface area contributed by atoms with E-state index in [2.05, 4.69) is 201 Å². The summed E-state index contributed by atoms with van der Waals surface area (Å²) < 4.78 is 12.1. The Morgan fingerprint density at radius 1 is 0.478 bits per heavy atom. The van der Waals surface area contributed by atoms with Gasteiger partial charge in [0, 0.05) is 61.2 Å². The van der Waals surface area contributed by atoms with Gasteiger partial charge in [0.05, 0.1) is 0 Å². The lowest BCUT2D eigenvalue weighted by molar-refractivity contribution is 0.118. The largest absolute Gasteiger partial charge is 0.445 e. The van der Waals surface area contributed by atoms with Crippen LogP contribution in [0.15, 0.2) is 115 Å². The van der Waals surface area contributed by atoms with Gasteiger partial charge < -0.3 is 20.1 Å². The summed E-state index contributed by atoms with van der Waals surface area (Å²) in [6, 6.07) is 41.5. The number of ether oxygens (including phenoxy) is 2. The van der Waals surface area contributed by atoms with Crippen molar-refractivity contribution in [1.82, 2.24) is 10.6 Å². The van der Waals surface area contributed by atoms with Crippen LogP contribution in [-0.4, -0.2) is 49.6 Å². The summed E-state index contributed by atoms with van der Waals surface area (Å²) in [6.07, 6.45) is -0.379. The second-order valence-corrected chi connectivity index (χ2v) is 23.3. The van der Waals surface area contributed by atoms with Crippen molar-refractivity contribution in [2.24, 2.45) is 0 Å². The van der Waals surface area contributed by atoms with Crippen molar-refractivity contribution in [3.05, 3.63) is 165 Å². The van der Waals surface area contributed by atoms with Crippen molar-refractivity contribution in [3.8, 4) is 0 Å². The van der Waals surface area contributed by atoms with Crippen LogP contribution in [0.4, 0.5) is 21.0 Å². The average molecular weight is 905 g/mol. The maximum atomic E-state index is 13.5. The molecule has 4 unspecified atom stereocenters. The normalized spacial score (nSPS) is 19.1. The topological polar surface area (TPSA) is 101 Å². The van der Waals surface area contributed by atoms with Crippen LogP contribution in [0.3, 0.4) is 0 Å². The minimum Gasteiger partial charge on any atom is -0.445 e. The van der Waals surface area contributed by atoms with Crippen LogP contribution >= 0.6 is 0 Å². The van der Waals surface area contributed by atoms with Crippen LogP contribution in [0.2, 0.25) is 0 Å². The summed E-state index contributed by atoms with van der Waals surface area (Å²) in [5.41, 5.74) is 12.2. The van der Waals surface area contributed by atoms with Crippen LogP contribution in [-0.2, 0) is 31.1 Å². The molecule has 67 heavy (non-hydrogen) atoms. The second-order valence-electron chi connectivity index (χ2n) is 23.3. The van der Waals surface area contributed by atoms with Gasteiger partial charge in [-0.2, -0.15) is 0 Å². The minimum atomic E-state index is -0.538. The van der Waals surface area contributed by atoms with Crippen LogP contribution < -0.4 is 21.3 Å². The molecule has 2 heterocycles. The summed E-state index contributed by atoms with van der Waals surface area (Å²) in [6.45, 7) is 29.8. The fraction of sp³-hybridized carbons (Fsp3) is 0.458. The molecular formula is C59H76N4O4. The summed E-state index contributed by atoms with van der Waals surface area (Å²) in [4.78, 5) is 26.9. The third kappa shape index (κ3) is 12.4. The van der Waals surface area contributed by atoms with E-state index >= 15 is 0 Å². The first-order valence-corrected chi connectivity index (χ1v) is 24.4. The zero-order valence-electron chi connectivity index (χ0n) is 42.4. The Hall–Kier alpha value is -5.44. The van der Waals surface area contributed by atoms with Crippen molar-refractivity contribution >= 4 is 23.6 Å². The third-order valence-corrected chi connectivity index (χ3v) is 13.9. The Balaban J connectivity index is 0.973. The Labute approximate surface area is 401 Å². The number of carbonyl (C=O) groups excluding carboxylic acids is 2. The first-order chi connectivity index (χ1) is 31.4. The van der Waals surface area contributed by atoms with E-state index in [-0.39, 0.29) is 57.8 Å². The van der Waals surface area contributed by atoms with Gasteiger partial charge in [-0.3, -0.25) is 10.6 Å². The summed E-state index contributed by atoms with van der Waals surface area (Å²) >= 11 is 0. The molecule has 7 rings (SSSR count). The van der Waals surface area contributed by atoms with E-state index in [4.69, 9.17) is 9.47 Å². The van der Waals surface area contributed by atoms with E-state index in [1.807, 2.05) is 19.1 Å². The van der Waals surface area contributed by atoms with Gasteiger partial charge in [-0.05, 0) is 90.8 Å². The maximum Gasteiger partial charge on any atom is 0.411 e. The molecule has 2 amide bonds. The van der Waals surface area contributed by atoms with E-state index in [1.54, 1.807) is 6.07 Å². The molecule has 4 N–H and O–H groups in total. The number of amides is 2. The molecule has 0 bridgehead atoms. The molecule has 2 saturated heterocycles. The number of aryl methyl sites for hydroxylation is 1. The SMILES string of the molecule is Cc1ccc(NC(=O)OC2CNC(C(c3ccc(C(C)(C)C)cc3)c3ccc(C(C)(C)C)cc3)C2)cc1NC(=O)OC1CNC(C(c2ccc(C(C)(C)C)cc2)c2ccc(C(C)(C)C)cc2)C1. The lowest BCUT2D eigenvalue weighted by Crippen LogP contribution is -2.30. The molecule has 0 radical (unpaired) electrons. The molecule has 8 heteroatoms. The van der Waals surface area contributed by atoms with Gasteiger partial charge in [-0.1, -0.05) is 186 Å². The molecule has 5 aromatic rings. The highest BCUT2D eigenvalue weighted by Crippen LogP contribution is 2.38. The monoisotopic (exact) mass is 905 g/mol. The number of benzene rings is 5. The van der Waals surface area contributed by atoms with Crippen molar-refractivity contribution in [2.45, 2.75) is 161 Å². The summed E-state index contributed by atoms with van der Waals surface area (Å²) in [7, 11) is 0. The summed E-state index contributed by atoms with van der Waals surface area (Å²) in [5, 5.41) is 13.3. The average Bonchev–Trinajstić information content (AvgIpc) is 3.91. The third-order valence-electron chi connectivity index (χ3n) is 13.9. The predicted octanol–water partition coefficient (Wildman–Crippen LogP) is 13.4. The molecule has 5 aromatic carbocycles. The zero-order chi connectivity index (χ0) is 48.5. The molecule has 0 saturated carbocycles. The smallest absolute Gasteiger partial charge is 0.411 e. The van der Waals surface area contributed by atoms with E-state index < -0.39 is 12.2 Å². The van der Waals surface area contributed by atoms with Crippen molar-refractivity contribution in [3.63, 3.8) is 0 Å². The highest BCUT2D eigenvalue weighted by atomic mass is 16.6. The number of nitrogens with one attached hydrogen (secondary N) is 4. The van der Waals surface area contributed by atoms with Crippen LogP contribution in [0, 0.1) is 6.92 Å². The fourth-order valence-corrected chi connectivity index (χ4v) is 9.65. The standard InChI is InChI=1S/C59H76N4O4/c1-37-14-31-46(62-54(64)66-47-33-50(60-35-47)52(38-15-23-42(24-16-38)56(2,3)4)39-17-25-43(26-18-39)57(5,6)7)32-49(37)63-55(65)67-48-34-51(61-36-48)53(40-19-27-44(28-20-40)58(8,9)10)41-21-29-45(30-22-41)59(11,12)13/h14-32,47-48,50-53,60-61H,33-36H2,1-13H3,(H,62,64)(H,63,65). The van der Waals surface area contributed by atoms with Gasteiger partial charge in [0.1, 0.15) is 12.2 Å². The Morgan fingerprint density at radius 2 is 0.791 bits per heavy atom. The lowest BCUT2D eigenvalue weighted by Gasteiger charge is -2.27. The molecular weight excluding hydrogens is 829 g/mol. The zero-order valence-corrected chi connectivity index (χ0v) is 42.4. The Morgan fingerprint density at radius 3 is 1.10 bits per heavy atom. The van der Waals surface area contributed by atoms with Gasteiger partial charge in [0.2, 0.25) is 0 Å². The molecule has 0 aromatic heterocycles. The molecule has 4 atom stereocenters. The molecule has 0 spiro atoms. The molecule has 356 valence electrons. The van der Waals surface area contributed by atoms with Crippen molar-refractivity contribution in [1.29, 1.82) is 0 Å². The van der Waals surface area contributed by atoms with Gasteiger partial charge in [0.15, 0.2) is 0 Å². The fourth-order valence-electron chi connectivity index (χ4n) is 9.65. The van der Waals surface area contributed by atoms with Crippen LogP contribution in [0.5, 0.6) is 0 Å². The Kier molecular flexibility index (Phi) is 14.5. The highest BCUT2D eigenvalue weighted by Gasteiger charge is 2.36. The number of hydrogen-bond acceptors (Lipinski definition) is 6. The number of hydrogen-bond donors (Lipinski definition) is 4. The van der Waals surface area contributed by atoms with Gasteiger partial charge in [0.25, 0.3) is 0 Å². The molecule has 2 aliphatic heterocycles. The molecule has 2 aliphatic rings. The minimum absolute atomic E-state index is 0.0558. The van der Waals surface area contributed by atoms with Gasteiger partial charge in [-0.15, -0.1) is 0 Å². The van der Waals surface area contributed by atoms with Crippen molar-refractivity contribution in [2.75, 3.05) is 23.7 Å². The van der Waals surface area contributed by atoms with Gasteiger partial charge in [-0.25, -0.2) is 9.59 Å². The lowest BCUT2D eigenvalue weighted by atomic mass is 9.80. The highest BCUT2D eigenvalue weighted by molar-refractivity contribution is 5.89. The first-order valence-electron chi connectivity index (χ1n) is 24.4. The maximum absolute atomic E-state index is 13.5. The van der Waals surface area contributed by atoms with E-state index in [0.29, 0.717) is 37.3 Å². The quantitative estimate of drug-likeness (QED) is 0.111. The van der Waals surface area contributed by atoms with Crippen LogP contribution in [0.25, 0.3) is 0 Å². The van der Waals surface area contributed by atoms with E-state index in [1.165, 1.54) is 44.5 Å². The number of rotatable bonds is 10. The molecule has 8 nitrogen and oxygen atoms in total. The van der Waals surface area contributed by atoms with Crippen LogP contribution in [0.1, 0.15) is 158 Å². The van der Waals surface area contributed by atoms with Gasteiger partial charge >= 0.3 is 12.2 Å². The van der Waals surface area contributed by atoms with E-state index in [0.717, 1.165) is 5.56 Å². The van der Waals surface area contributed by atoms with E-state index in [9.17, 15) is 9.59 Å². The first kappa shape index (κ1) is 49.5. The second kappa shape index (κ2) is 19.7. The molecule has 0 aliphatic carbocycles.